The Bertz CT molecular complexity index is 666. The third kappa shape index (κ3) is 4.55. The molecule has 1 saturated carbocycles. The number of piperazine rings is 1. The smallest absolute Gasteiger partial charge is 0.241 e. The zero-order chi connectivity index (χ0) is 19.3. The van der Waals surface area contributed by atoms with Crippen molar-refractivity contribution in [3.63, 3.8) is 0 Å². The molecule has 2 heterocycles. The average molecular weight is 385 g/mol. The van der Waals surface area contributed by atoms with Crippen LogP contribution in [0.15, 0.2) is 30.3 Å². The van der Waals surface area contributed by atoms with E-state index < -0.39 is 0 Å². The van der Waals surface area contributed by atoms with Crippen LogP contribution in [-0.4, -0.2) is 53.8 Å². The highest BCUT2D eigenvalue weighted by Gasteiger charge is 2.34. The number of hydrogen-bond acceptors (Lipinski definition) is 4. The monoisotopic (exact) mass is 384 g/mol. The SMILES string of the molecule is O=C(CCC1CCCC1)N1CCN(C(=O)C2CC(c3ccccc3)NN2)CC1. The van der Waals surface area contributed by atoms with E-state index in [-0.39, 0.29) is 23.9 Å². The summed E-state index contributed by atoms with van der Waals surface area (Å²) in [4.78, 5) is 29.2. The summed E-state index contributed by atoms with van der Waals surface area (Å²) in [7, 11) is 0. The number of carbonyl (C=O) groups is 2. The molecule has 0 radical (unpaired) electrons. The molecule has 6 heteroatoms. The van der Waals surface area contributed by atoms with Crippen molar-refractivity contribution >= 4 is 11.8 Å². The zero-order valence-electron chi connectivity index (χ0n) is 16.6. The zero-order valence-corrected chi connectivity index (χ0v) is 16.6. The molecule has 2 unspecified atom stereocenters. The molecule has 1 aromatic rings. The lowest BCUT2D eigenvalue weighted by atomic mass is 10.0. The van der Waals surface area contributed by atoms with Crippen molar-refractivity contribution in [3.05, 3.63) is 35.9 Å². The molecule has 2 N–H and O–H groups in total. The van der Waals surface area contributed by atoms with Gasteiger partial charge in [-0.1, -0.05) is 56.0 Å². The van der Waals surface area contributed by atoms with Crippen LogP contribution in [0.5, 0.6) is 0 Å². The summed E-state index contributed by atoms with van der Waals surface area (Å²) in [6.07, 6.45) is 7.71. The summed E-state index contributed by atoms with van der Waals surface area (Å²) in [5.41, 5.74) is 7.61. The Morgan fingerprint density at radius 2 is 1.61 bits per heavy atom. The highest BCUT2D eigenvalue weighted by molar-refractivity contribution is 5.83. The summed E-state index contributed by atoms with van der Waals surface area (Å²) in [6, 6.07) is 10.2. The first-order valence-corrected chi connectivity index (χ1v) is 10.8. The lowest BCUT2D eigenvalue weighted by molar-refractivity contribution is -0.140. The molecule has 2 amide bonds. The van der Waals surface area contributed by atoms with E-state index in [9.17, 15) is 9.59 Å². The van der Waals surface area contributed by atoms with Gasteiger partial charge in [0.1, 0.15) is 6.04 Å². The molecule has 1 aromatic carbocycles. The molecule has 152 valence electrons. The molecule has 0 aromatic heterocycles. The standard InChI is InChI=1S/C22H32N4O2/c27-21(11-10-17-6-4-5-7-17)25-12-14-26(15-13-25)22(28)20-16-19(23-24-20)18-8-2-1-3-9-18/h1-3,8-9,17,19-20,23-24H,4-7,10-16H2. The first-order valence-electron chi connectivity index (χ1n) is 10.8. The predicted molar refractivity (Wildman–Crippen MR) is 108 cm³/mol. The number of amides is 2. The van der Waals surface area contributed by atoms with Crippen LogP contribution in [0.25, 0.3) is 0 Å². The van der Waals surface area contributed by atoms with Crippen molar-refractivity contribution in [2.75, 3.05) is 26.2 Å². The van der Waals surface area contributed by atoms with Crippen molar-refractivity contribution in [1.29, 1.82) is 0 Å². The molecule has 0 bridgehead atoms. The third-order valence-corrected chi connectivity index (χ3v) is 6.59. The first-order chi connectivity index (χ1) is 13.7. The maximum atomic E-state index is 12.9. The normalized spacial score (nSPS) is 26.0. The van der Waals surface area contributed by atoms with E-state index in [1.54, 1.807) is 0 Å². The Hall–Kier alpha value is -1.92. The maximum absolute atomic E-state index is 12.9. The van der Waals surface area contributed by atoms with Crippen LogP contribution in [0.2, 0.25) is 0 Å². The minimum atomic E-state index is -0.199. The fourth-order valence-corrected chi connectivity index (χ4v) is 4.80. The van der Waals surface area contributed by atoms with Gasteiger partial charge < -0.3 is 9.80 Å². The number of hydrogen-bond donors (Lipinski definition) is 2. The van der Waals surface area contributed by atoms with Crippen molar-refractivity contribution in [3.8, 4) is 0 Å². The van der Waals surface area contributed by atoms with Gasteiger partial charge in [-0.25, -0.2) is 10.9 Å². The van der Waals surface area contributed by atoms with Crippen molar-refractivity contribution in [2.45, 2.75) is 57.0 Å². The summed E-state index contributed by atoms with van der Waals surface area (Å²) in [6.45, 7) is 2.61. The van der Waals surface area contributed by atoms with Crippen LogP contribution in [-0.2, 0) is 9.59 Å². The second-order valence-electron chi connectivity index (χ2n) is 8.44. The molecule has 2 aliphatic heterocycles. The van der Waals surface area contributed by atoms with Gasteiger partial charge in [-0.3, -0.25) is 9.59 Å². The molecule has 4 rings (SSSR count). The highest BCUT2D eigenvalue weighted by Crippen LogP contribution is 2.29. The van der Waals surface area contributed by atoms with Crippen LogP contribution >= 0.6 is 0 Å². The number of benzene rings is 1. The molecule has 28 heavy (non-hydrogen) atoms. The Kier molecular flexibility index (Phi) is 6.27. The Morgan fingerprint density at radius 3 is 2.32 bits per heavy atom. The molecule has 3 fully saturated rings. The van der Waals surface area contributed by atoms with Crippen molar-refractivity contribution in [1.82, 2.24) is 20.7 Å². The summed E-state index contributed by atoms with van der Waals surface area (Å²) in [5.74, 6) is 1.16. The Morgan fingerprint density at radius 1 is 0.929 bits per heavy atom. The third-order valence-electron chi connectivity index (χ3n) is 6.59. The first kappa shape index (κ1) is 19.4. The topological polar surface area (TPSA) is 64.7 Å². The van der Waals surface area contributed by atoms with Gasteiger partial charge in [-0.2, -0.15) is 0 Å². The molecule has 1 aliphatic carbocycles. The van der Waals surface area contributed by atoms with E-state index in [0.717, 1.165) is 18.8 Å². The quantitative estimate of drug-likeness (QED) is 0.817. The highest BCUT2D eigenvalue weighted by atomic mass is 16.2. The average Bonchev–Trinajstić information content (AvgIpc) is 3.44. The fourth-order valence-electron chi connectivity index (χ4n) is 4.80. The minimum Gasteiger partial charge on any atom is -0.339 e. The van der Waals surface area contributed by atoms with Crippen molar-refractivity contribution in [2.24, 2.45) is 5.92 Å². The number of hydrazine groups is 1. The Balaban J connectivity index is 1.21. The summed E-state index contributed by atoms with van der Waals surface area (Å²) in [5, 5.41) is 0. The number of nitrogens with zero attached hydrogens (tertiary/aromatic N) is 2. The van der Waals surface area contributed by atoms with Crippen LogP contribution in [0, 0.1) is 5.92 Å². The minimum absolute atomic E-state index is 0.143. The van der Waals surface area contributed by atoms with Crippen LogP contribution < -0.4 is 10.9 Å². The van der Waals surface area contributed by atoms with Gasteiger partial charge in [-0.05, 0) is 24.3 Å². The summed E-state index contributed by atoms with van der Waals surface area (Å²) >= 11 is 0. The molecular formula is C22H32N4O2. The largest absolute Gasteiger partial charge is 0.339 e. The van der Waals surface area contributed by atoms with E-state index in [0.29, 0.717) is 32.6 Å². The van der Waals surface area contributed by atoms with E-state index in [1.165, 1.54) is 31.2 Å². The van der Waals surface area contributed by atoms with Gasteiger partial charge in [0, 0.05) is 38.6 Å². The maximum Gasteiger partial charge on any atom is 0.241 e. The van der Waals surface area contributed by atoms with E-state index in [4.69, 9.17) is 0 Å². The van der Waals surface area contributed by atoms with Gasteiger partial charge >= 0.3 is 0 Å². The Labute approximate surface area is 167 Å². The van der Waals surface area contributed by atoms with Crippen LogP contribution in [0.4, 0.5) is 0 Å². The fraction of sp³-hybridized carbons (Fsp3) is 0.636. The van der Waals surface area contributed by atoms with Crippen LogP contribution in [0.1, 0.15) is 56.6 Å². The van der Waals surface area contributed by atoms with E-state index in [1.807, 2.05) is 28.0 Å². The van der Waals surface area contributed by atoms with Gasteiger partial charge in [0.15, 0.2) is 0 Å². The lowest BCUT2D eigenvalue weighted by Gasteiger charge is -2.36. The van der Waals surface area contributed by atoms with Crippen LogP contribution in [0.3, 0.4) is 0 Å². The molecule has 2 saturated heterocycles. The van der Waals surface area contributed by atoms with E-state index >= 15 is 0 Å². The number of rotatable bonds is 5. The molecule has 2 atom stereocenters. The molecule has 3 aliphatic rings. The molecule has 0 spiro atoms. The second kappa shape index (κ2) is 9.05. The van der Waals surface area contributed by atoms with Gasteiger partial charge in [-0.15, -0.1) is 0 Å². The van der Waals surface area contributed by atoms with Crippen molar-refractivity contribution < 1.29 is 9.59 Å². The molecular weight excluding hydrogens is 352 g/mol. The number of nitrogens with one attached hydrogen (secondary N) is 2. The predicted octanol–water partition coefficient (Wildman–Crippen LogP) is 2.24. The van der Waals surface area contributed by atoms with Gasteiger partial charge in [0.05, 0.1) is 0 Å². The second-order valence-corrected chi connectivity index (χ2v) is 8.44. The molecule has 6 nitrogen and oxygen atoms in total. The van der Waals surface area contributed by atoms with E-state index in [2.05, 4.69) is 23.0 Å². The van der Waals surface area contributed by atoms with Gasteiger partial charge in [0.25, 0.3) is 0 Å². The van der Waals surface area contributed by atoms with Gasteiger partial charge in [0.2, 0.25) is 11.8 Å². The number of carbonyl (C=O) groups excluding carboxylic acids is 2. The lowest BCUT2D eigenvalue weighted by Crippen LogP contribution is -2.54. The summed E-state index contributed by atoms with van der Waals surface area (Å²) < 4.78 is 0.